The average Bonchev–Trinajstić information content (AvgIpc) is 2.58. The molecular formula is C19H26FN3O2. The van der Waals surface area contributed by atoms with Crippen molar-refractivity contribution >= 4 is 17.5 Å². The first-order chi connectivity index (χ1) is 11.9. The van der Waals surface area contributed by atoms with Gasteiger partial charge in [0.2, 0.25) is 11.8 Å². The molecule has 2 saturated heterocycles. The Kier molecular flexibility index (Phi) is 5.08. The second-order valence-electron chi connectivity index (χ2n) is 7.44. The van der Waals surface area contributed by atoms with Gasteiger partial charge in [-0.3, -0.25) is 9.59 Å². The number of anilines is 1. The number of rotatable bonds is 3. The van der Waals surface area contributed by atoms with E-state index in [1.165, 1.54) is 12.1 Å². The minimum atomic E-state index is -0.373. The molecule has 136 valence electrons. The van der Waals surface area contributed by atoms with E-state index in [2.05, 4.69) is 0 Å². The second kappa shape index (κ2) is 7.12. The molecule has 1 aromatic carbocycles. The van der Waals surface area contributed by atoms with E-state index < -0.39 is 0 Å². The van der Waals surface area contributed by atoms with Crippen LogP contribution in [-0.2, 0) is 9.59 Å². The number of carbonyl (C=O) groups is 2. The van der Waals surface area contributed by atoms with Crippen LogP contribution >= 0.6 is 0 Å². The van der Waals surface area contributed by atoms with E-state index in [0.29, 0.717) is 39.0 Å². The molecule has 3 rings (SSSR count). The van der Waals surface area contributed by atoms with Gasteiger partial charge in [0.05, 0.1) is 12.0 Å². The lowest BCUT2D eigenvalue weighted by Crippen LogP contribution is -2.55. The Hall–Kier alpha value is -1.95. The zero-order valence-electron chi connectivity index (χ0n) is 15.0. The third-order valence-corrected chi connectivity index (χ3v) is 5.40. The number of benzene rings is 1. The van der Waals surface area contributed by atoms with Gasteiger partial charge in [-0.2, -0.15) is 0 Å². The molecule has 2 aliphatic heterocycles. The largest absolute Gasteiger partial charge is 0.342 e. The van der Waals surface area contributed by atoms with Crippen LogP contribution in [-0.4, -0.2) is 61.9 Å². The normalized spacial score (nSPS) is 20.4. The number of likely N-dealkylation sites (tertiary alicyclic amines) is 1. The standard InChI is InChI=1S/C19H26FN3O2/c1-21(2)14-17(24)22-12-9-19(10-13-22)8-3-11-23(18(19)25)16-6-4-15(20)5-7-16/h4-7H,3,8-14H2,1-2H3. The van der Waals surface area contributed by atoms with E-state index in [-0.39, 0.29) is 23.0 Å². The number of hydrogen-bond acceptors (Lipinski definition) is 3. The molecule has 0 unspecified atom stereocenters. The highest BCUT2D eigenvalue weighted by Gasteiger charge is 2.46. The van der Waals surface area contributed by atoms with Gasteiger partial charge in [0, 0.05) is 25.3 Å². The lowest BCUT2D eigenvalue weighted by Gasteiger charge is -2.46. The SMILES string of the molecule is CN(C)CC(=O)N1CCC2(CCCN(c3ccc(F)cc3)C2=O)CC1. The lowest BCUT2D eigenvalue weighted by molar-refractivity contribution is -0.141. The van der Waals surface area contributed by atoms with Crippen molar-refractivity contribution in [3.05, 3.63) is 30.1 Å². The number of likely N-dealkylation sites (N-methyl/N-ethyl adjacent to an activating group) is 1. The Balaban J connectivity index is 1.69. The number of halogens is 1. The van der Waals surface area contributed by atoms with Crippen LogP contribution in [0.4, 0.5) is 10.1 Å². The predicted octanol–water partition coefficient (Wildman–Crippen LogP) is 2.12. The zero-order chi connectivity index (χ0) is 18.0. The number of amides is 2. The molecule has 0 saturated carbocycles. The second-order valence-corrected chi connectivity index (χ2v) is 7.44. The summed E-state index contributed by atoms with van der Waals surface area (Å²) in [6.07, 6.45) is 3.24. The van der Waals surface area contributed by atoms with Gasteiger partial charge in [-0.05, 0) is 64.0 Å². The van der Waals surface area contributed by atoms with Gasteiger partial charge in [-0.25, -0.2) is 4.39 Å². The van der Waals surface area contributed by atoms with Crippen molar-refractivity contribution < 1.29 is 14.0 Å². The van der Waals surface area contributed by atoms with E-state index in [1.807, 2.05) is 23.9 Å². The van der Waals surface area contributed by atoms with Crippen molar-refractivity contribution in [2.45, 2.75) is 25.7 Å². The van der Waals surface area contributed by atoms with Crippen LogP contribution in [0, 0.1) is 11.2 Å². The first-order valence-corrected chi connectivity index (χ1v) is 8.91. The molecule has 0 radical (unpaired) electrons. The van der Waals surface area contributed by atoms with E-state index in [0.717, 1.165) is 18.5 Å². The van der Waals surface area contributed by atoms with Crippen LogP contribution in [0.2, 0.25) is 0 Å². The van der Waals surface area contributed by atoms with Crippen LogP contribution in [0.15, 0.2) is 24.3 Å². The number of hydrogen-bond donors (Lipinski definition) is 0. The Morgan fingerprint density at radius 2 is 1.76 bits per heavy atom. The Morgan fingerprint density at radius 3 is 2.36 bits per heavy atom. The first-order valence-electron chi connectivity index (χ1n) is 8.91. The predicted molar refractivity (Wildman–Crippen MR) is 94.8 cm³/mol. The molecule has 6 heteroatoms. The summed E-state index contributed by atoms with van der Waals surface area (Å²) < 4.78 is 13.2. The van der Waals surface area contributed by atoms with Gasteiger partial charge in [0.15, 0.2) is 0 Å². The topological polar surface area (TPSA) is 43.9 Å². The van der Waals surface area contributed by atoms with Crippen LogP contribution in [0.3, 0.4) is 0 Å². The van der Waals surface area contributed by atoms with Gasteiger partial charge in [0.25, 0.3) is 0 Å². The summed E-state index contributed by atoms with van der Waals surface area (Å²) >= 11 is 0. The van der Waals surface area contributed by atoms with Crippen LogP contribution in [0.1, 0.15) is 25.7 Å². The molecular weight excluding hydrogens is 321 g/mol. The molecule has 0 aromatic heterocycles. The molecule has 5 nitrogen and oxygen atoms in total. The number of piperidine rings is 2. The van der Waals surface area contributed by atoms with Gasteiger partial charge in [-0.1, -0.05) is 0 Å². The summed E-state index contributed by atoms with van der Waals surface area (Å²) in [4.78, 5) is 30.9. The Bertz CT molecular complexity index is 637. The van der Waals surface area contributed by atoms with Crippen LogP contribution in [0.25, 0.3) is 0 Å². The van der Waals surface area contributed by atoms with Crippen LogP contribution < -0.4 is 4.90 Å². The Labute approximate surface area is 148 Å². The van der Waals surface area contributed by atoms with E-state index in [9.17, 15) is 14.0 Å². The maximum absolute atomic E-state index is 13.2. The minimum absolute atomic E-state index is 0.124. The summed E-state index contributed by atoms with van der Waals surface area (Å²) in [5.74, 6) is -0.0424. The fraction of sp³-hybridized carbons (Fsp3) is 0.579. The van der Waals surface area contributed by atoms with Crippen LogP contribution in [0.5, 0.6) is 0 Å². The van der Waals surface area contributed by atoms with Crippen molar-refractivity contribution in [1.29, 1.82) is 0 Å². The molecule has 2 aliphatic rings. The lowest BCUT2D eigenvalue weighted by atomic mass is 9.71. The number of carbonyl (C=O) groups excluding carboxylic acids is 2. The van der Waals surface area contributed by atoms with Crippen molar-refractivity contribution in [3.63, 3.8) is 0 Å². The van der Waals surface area contributed by atoms with Crippen molar-refractivity contribution in [3.8, 4) is 0 Å². The fourth-order valence-corrected chi connectivity index (χ4v) is 3.96. The fourth-order valence-electron chi connectivity index (χ4n) is 3.96. The number of nitrogens with zero attached hydrogens (tertiary/aromatic N) is 3. The molecule has 1 spiro atoms. The quantitative estimate of drug-likeness (QED) is 0.841. The molecule has 0 N–H and O–H groups in total. The smallest absolute Gasteiger partial charge is 0.236 e. The van der Waals surface area contributed by atoms with Crippen molar-refractivity contribution in [2.75, 3.05) is 45.2 Å². The molecule has 2 amide bonds. The molecule has 0 aliphatic carbocycles. The van der Waals surface area contributed by atoms with Gasteiger partial charge in [-0.15, -0.1) is 0 Å². The highest BCUT2D eigenvalue weighted by atomic mass is 19.1. The van der Waals surface area contributed by atoms with E-state index in [4.69, 9.17) is 0 Å². The summed E-state index contributed by atoms with van der Waals surface area (Å²) in [6.45, 7) is 2.35. The van der Waals surface area contributed by atoms with E-state index >= 15 is 0 Å². The molecule has 2 heterocycles. The highest BCUT2D eigenvalue weighted by molar-refractivity contribution is 5.98. The monoisotopic (exact) mass is 347 g/mol. The molecule has 0 atom stereocenters. The molecule has 1 aromatic rings. The Morgan fingerprint density at radius 1 is 1.12 bits per heavy atom. The molecule has 0 bridgehead atoms. The molecule has 25 heavy (non-hydrogen) atoms. The third-order valence-electron chi connectivity index (χ3n) is 5.40. The summed E-state index contributed by atoms with van der Waals surface area (Å²) in [5.41, 5.74) is 0.387. The van der Waals surface area contributed by atoms with Crippen molar-refractivity contribution in [1.82, 2.24) is 9.80 Å². The average molecular weight is 347 g/mol. The maximum Gasteiger partial charge on any atom is 0.236 e. The van der Waals surface area contributed by atoms with Crippen molar-refractivity contribution in [2.24, 2.45) is 5.41 Å². The van der Waals surface area contributed by atoms with Gasteiger partial charge >= 0.3 is 0 Å². The summed E-state index contributed by atoms with van der Waals surface area (Å²) in [5, 5.41) is 0. The minimum Gasteiger partial charge on any atom is -0.342 e. The van der Waals surface area contributed by atoms with E-state index in [1.54, 1.807) is 17.0 Å². The van der Waals surface area contributed by atoms with Gasteiger partial charge < -0.3 is 14.7 Å². The highest BCUT2D eigenvalue weighted by Crippen LogP contribution is 2.42. The van der Waals surface area contributed by atoms with Gasteiger partial charge in [0.1, 0.15) is 5.82 Å². The maximum atomic E-state index is 13.2. The zero-order valence-corrected chi connectivity index (χ0v) is 15.0. The molecule has 2 fully saturated rings. The summed E-state index contributed by atoms with van der Waals surface area (Å²) in [6, 6.07) is 6.13. The first kappa shape index (κ1) is 17.9. The summed E-state index contributed by atoms with van der Waals surface area (Å²) in [7, 11) is 3.77. The third kappa shape index (κ3) is 3.68.